The third-order valence-electron chi connectivity index (χ3n) is 7.45. The molecule has 0 spiro atoms. The number of benzene rings is 1. The largest absolute Gasteiger partial charge is 0.320 e. The summed E-state index contributed by atoms with van der Waals surface area (Å²) in [6, 6.07) is 5.64. The van der Waals surface area contributed by atoms with Gasteiger partial charge in [0, 0.05) is 5.69 Å². The number of carbonyl (C=O) groups excluding carboxylic acids is 1. The van der Waals surface area contributed by atoms with Crippen LogP contribution in [0.3, 0.4) is 0 Å². The van der Waals surface area contributed by atoms with Gasteiger partial charge in [-0.3, -0.25) is 19.6 Å². The van der Waals surface area contributed by atoms with Gasteiger partial charge in [-0.15, -0.1) is 0 Å². The van der Waals surface area contributed by atoms with Crippen LogP contribution in [0.15, 0.2) is 24.4 Å². The lowest BCUT2D eigenvalue weighted by molar-refractivity contribution is -0.385. The summed E-state index contributed by atoms with van der Waals surface area (Å²) in [5.74, 6) is 1.55. The average molecular weight is 394 g/mol. The zero-order valence-corrected chi connectivity index (χ0v) is 16.9. The second-order valence-corrected chi connectivity index (χ2v) is 9.41. The minimum Gasteiger partial charge on any atom is -0.320 e. The van der Waals surface area contributed by atoms with Crippen molar-refractivity contribution in [1.82, 2.24) is 9.78 Å². The Hall–Kier alpha value is -2.70. The molecule has 0 aliphatic heterocycles. The van der Waals surface area contributed by atoms with E-state index in [9.17, 15) is 14.9 Å². The number of hydrogen-bond donors (Lipinski definition) is 1. The first kappa shape index (κ1) is 18.3. The molecule has 7 nitrogen and oxygen atoms in total. The first-order valence-electron chi connectivity index (χ1n) is 10.5. The third-order valence-corrected chi connectivity index (χ3v) is 7.45. The number of aromatic nitrogens is 2. The van der Waals surface area contributed by atoms with Gasteiger partial charge in [0.05, 0.1) is 10.5 Å². The number of hydrogen-bond acceptors (Lipinski definition) is 4. The maximum absolute atomic E-state index is 13.0. The summed E-state index contributed by atoms with van der Waals surface area (Å²) in [5, 5.41) is 19.1. The van der Waals surface area contributed by atoms with Crippen molar-refractivity contribution in [3.8, 4) is 0 Å². The number of nitrogens with one attached hydrogen (secondary N) is 1. The highest BCUT2D eigenvalue weighted by atomic mass is 16.6. The summed E-state index contributed by atoms with van der Waals surface area (Å²) in [6.07, 6.45) is 8.42. The molecular weight excluding hydrogens is 368 g/mol. The molecule has 4 aliphatic carbocycles. The van der Waals surface area contributed by atoms with Gasteiger partial charge in [-0.1, -0.05) is 12.1 Å². The van der Waals surface area contributed by atoms with Gasteiger partial charge < -0.3 is 5.32 Å². The van der Waals surface area contributed by atoms with E-state index in [4.69, 9.17) is 0 Å². The van der Waals surface area contributed by atoms with Crippen LogP contribution in [0, 0.1) is 41.7 Å². The number of aryl methyl sites for hydroxylation is 1. The van der Waals surface area contributed by atoms with E-state index in [0.717, 1.165) is 30.4 Å². The van der Waals surface area contributed by atoms with Crippen LogP contribution in [0.4, 0.5) is 11.4 Å². The molecule has 6 rings (SSSR count). The van der Waals surface area contributed by atoms with Gasteiger partial charge in [-0.05, 0) is 87.3 Å². The smallest absolute Gasteiger partial charge is 0.320 e. The Kier molecular flexibility index (Phi) is 4.05. The molecule has 7 heteroatoms. The molecule has 0 radical (unpaired) electrons. The van der Waals surface area contributed by atoms with E-state index in [1.54, 1.807) is 4.68 Å². The number of nitrogens with zero attached hydrogens (tertiary/aromatic N) is 3. The van der Waals surface area contributed by atoms with Crippen LogP contribution in [0.2, 0.25) is 0 Å². The second-order valence-electron chi connectivity index (χ2n) is 9.41. The summed E-state index contributed by atoms with van der Waals surface area (Å²) in [4.78, 5) is 24.2. The molecule has 4 aliphatic rings. The van der Waals surface area contributed by atoms with Crippen molar-refractivity contribution >= 4 is 17.3 Å². The lowest BCUT2D eigenvalue weighted by Crippen LogP contribution is -2.52. The monoisotopic (exact) mass is 394 g/mol. The summed E-state index contributed by atoms with van der Waals surface area (Å²) in [6.45, 7) is 3.89. The highest BCUT2D eigenvalue weighted by molar-refractivity contribution is 6.05. The van der Waals surface area contributed by atoms with Gasteiger partial charge in [0.25, 0.3) is 5.91 Å². The van der Waals surface area contributed by atoms with E-state index in [0.29, 0.717) is 23.4 Å². The predicted molar refractivity (Wildman–Crippen MR) is 109 cm³/mol. The van der Waals surface area contributed by atoms with Crippen LogP contribution in [-0.2, 0) is 5.54 Å². The highest BCUT2D eigenvalue weighted by Crippen LogP contribution is 2.58. The quantitative estimate of drug-likeness (QED) is 0.607. The van der Waals surface area contributed by atoms with E-state index >= 15 is 0 Å². The van der Waals surface area contributed by atoms with Crippen molar-refractivity contribution in [1.29, 1.82) is 0 Å². The molecule has 1 heterocycles. The van der Waals surface area contributed by atoms with E-state index in [-0.39, 0.29) is 16.9 Å². The summed E-state index contributed by atoms with van der Waals surface area (Å²) >= 11 is 0. The van der Waals surface area contributed by atoms with E-state index in [1.807, 2.05) is 32.0 Å². The Morgan fingerprint density at radius 1 is 1.17 bits per heavy atom. The van der Waals surface area contributed by atoms with Gasteiger partial charge in [-0.25, -0.2) is 0 Å². The molecule has 152 valence electrons. The van der Waals surface area contributed by atoms with Crippen LogP contribution in [0.5, 0.6) is 0 Å². The maximum atomic E-state index is 13.0. The fourth-order valence-corrected chi connectivity index (χ4v) is 6.32. The van der Waals surface area contributed by atoms with Crippen molar-refractivity contribution in [2.45, 2.75) is 57.9 Å². The molecule has 2 aromatic rings. The Bertz CT molecular complexity index is 974. The Balaban J connectivity index is 1.49. The van der Waals surface area contributed by atoms with Crippen molar-refractivity contribution in [2.24, 2.45) is 17.8 Å². The van der Waals surface area contributed by atoms with Gasteiger partial charge in [0.15, 0.2) is 0 Å². The van der Waals surface area contributed by atoms with Gasteiger partial charge >= 0.3 is 5.69 Å². The van der Waals surface area contributed by atoms with E-state index in [2.05, 4.69) is 10.4 Å². The number of anilines is 1. The summed E-state index contributed by atoms with van der Waals surface area (Å²) < 4.78 is 1.79. The van der Waals surface area contributed by atoms with Gasteiger partial charge in [0.1, 0.15) is 6.20 Å². The lowest BCUT2D eigenvalue weighted by Gasteiger charge is -2.56. The Morgan fingerprint density at radius 3 is 2.38 bits per heavy atom. The summed E-state index contributed by atoms with van der Waals surface area (Å²) in [5.41, 5.74) is 2.21. The minimum atomic E-state index is -0.520. The van der Waals surface area contributed by atoms with E-state index in [1.165, 1.54) is 25.5 Å². The first-order valence-corrected chi connectivity index (χ1v) is 10.5. The fraction of sp³-hybridized carbons (Fsp3) is 0.545. The van der Waals surface area contributed by atoms with E-state index < -0.39 is 10.8 Å². The Labute approximate surface area is 169 Å². The molecule has 29 heavy (non-hydrogen) atoms. The molecule has 1 aromatic heterocycles. The van der Waals surface area contributed by atoms with Crippen LogP contribution in [-0.4, -0.2) is 20.6 Å². The van der Waals surface area contributed by atoms with Crippen LogP contribution < -0.4 is 5.32 Å². The number of amides is 1. The van der Waals surface area contributed by atoms with Crippen molar-refractivity contribution in [3.63, 3.8) is 0 Å². The fourth-order valence-electron chi connectivity index (χ4n) is 6.32. The lowest BCUT2D eigenvalue weighted by atomic mass is 9.53. The van der Waals surface area contributed by atoms with Crippen LogP contribution in [0.1, 0.15) is 60.1 Å². The SMILES string of the molecule is Cc1cccc(NC(=O)c2nn(C34CC5CC(CC(C5)C3)C4)cc2[N+](=O)[O-])c1C. The predicted octanol–water partition coefficient (Wildman–Crippen LogP) is 4.59. The van der Waals surface area contributed by atoms with Crippen molar-refractivity contribution in [3.05, 3.63) is 51.3 Å². The third kappa shape index (κ3) is 2.94. The van der Waals surface area contributed by atoms with Gasteiger partial charge in [0.2, 0.25) is 5.69 Å². The molecule has 4 fully saturated rings. The zero-order valence-electron chi connectivity index (χ0n) is 16.9. The minimum absolute atomic E-state index is 0.0911. The topological polar surface area (TPSA) is 90.1 Å². The Morgan fingerprint density at radius 2 is 1.79 bits per heavy atom. The normalized spacial score (nSPS) is 29.8. The average Bonchev–Trinajstić information content (AvgIpc) is 3.11. The molecule has 0 atom stereocenters. The van der Waals surface area contributed by atoms with Gasteiger partial charge in [-0.2, -0.15) is 5.10 Å². The molecule has 4 bridgehead atoms. The molecule has 1 amide bonds. The maximum Gasteiger partial charge on any atom is 0.320 e. The molecule has 0 unspecified atom stereocenters. The molecular formula is C22H26N4O3. The van der Waals surface area contributed by atoms with Crippen molar-refractivity contribution < 1.29 is 9.72 Å². The second kappa shape index (κ2) is 6.40. The molecule has 1 aromatic carbocycles. The van der Waals surface area contributed by atoms with Crippen LogP contribution in [0.25, 0.3) is 0 Å². The van der Waals surface area contributed by atoms with Crippen molar-refractivity contribution in [2.75, 3.05) is 5.32 Å². The number of rotatable bonds is 4. The zero-order chi connectivity index (χ0) is 20.3. The summed E-state index contributed by atoms with van der Waals surface area (Å²) in [7, 11) is 0. The molecule has 4 saturated carbocycles. The van der Waals surface area contributed by atoms with Crippen LogP contribution >= 0.6 is 0 Å². The molecule has 1 N–H and O–H groups in total. The molecule has 0 saturated heterocycles. The standard InChI is InChI=1S/C22H26N4O3/c1-13-4-3-5-18(14(13)2)23-21(27)20-19(26(28)29)12-25(24-20)22-9-15-6-16(10-22)8-17(7-15)11-22/h3-5,12,15-17H,6-11H2,1-2H3,(H,23,27). The highest BCUT2D eigenvalue weighted by Gasteiger charge is 2.53. The first-order chi connectivity index (χ1) is 13.8. The number of nitro groups is 1. The number of carbonyl (C=O) groups is 1.